The van der Waals surface area contributed by atoms with Crippen molar-refractivity contribution in [2.75, 3.05) is 0 Å². The van der Waals surface area contributed by atoms with E-state index in [9.17, 15) is 9.18 Å². The molecule has 1 aliphatic rings. The summed E-state index contributed by atoms with van der Waals surface area (Å²) < 4.78 is 11.7. The average Bonchev–Trinajstić information content (AvgIpc) is 2.44. The Morgan fingerprint density at radius 3 is 2.25 bits per heavy atom. The van der Waals surface area contributed by atoms with Crippen molar-refractivity contribution in [3.8, 4) is 6.07 Å². The SMILES string of the molecule is N#CC1(C(=O)F)CC1. The number of rotatable bonds is 1. The van der Waals surface area contributed by atoms with Gasteiger partial charge >= 0.3 is 6.04 Å². The molecule has 1 rings (SSSR count). The molecule has 0 bridgehead atoms. The van der Waals surface area contributed by atoms with E-state index in [-0.39, 0.29) is 0 Å². The van der Waals surface area contributed by atoms with Crippen LogP contribution in [-0.4, -0.2) is 6.04 Å². The Bertz CT molecular complexity index is 166. The molecule has 0 N–H and O–H groups in total. The van der Waals surface area contributed by atoms with Gasteiger partial charge in [-0.3, -0.25) is 4.79 Å². The largest absolute Gasteiger partial charge is 0.321 e. The predicted octanol–water partition coefficient (Wildman–Crippen LogP) is 0.786. The maximum atomic E-state index is 11.7. The van der Waals surface area contributed by atoms with Crippen molar-refractivity contribution in [1.29, 1.82) is 5.26 Å². The fourth-order valence-electron chi connectivity index (χ4n) is 0.477. The number of hydrogen-bond donors (Lipinski definition) is 0. The molecular weight excluding hydrogens is 109 g/mol. The second-order valence-electron chi connectivity index (χ2n) is 1.97. The van der Waals surface area contributed by atoms with Crippen LogP contribution in [0.3, 0.4) is 0 Å². The number of halogens is 1. The van der Waals surface area contributed by atoms with Crippen molar-refractivity contribution >= 4 is 6.04 Å². The third-order valence-corrected chi connectivity index (χ3v) is 1.34. The molecule has 0 atom stereocenters. The molecule has 42 valence electrons. The second-order valence-corrected chi connectivity index (χ2v) is 1.97. The van der Waals surface area contributed by atoms with Crippen molar-refractivity contribution in [3.63, 3.8) is 0 Å². The van der Waals surface area contributed by atoms with Gasteiger partial charge in [0.25, 0.3) is 0 Å². The summed E-state index contributed by atoms with van der Waals surface area (Å²) in [6.07, 6.45) is 0.803. The fourth-order valence-corrected chi connectivity index (χ4v) is 0.477. The van der Waals surface area contributed by atoms with Gasteiger partial charge in [0.2, 0.25) is 0 Å². The summed E-state index contributed by atoms with van der Waals surface area (Å²) in [4.78, 5) is 9.87. The Balaban J connectivity index is 2.71. The maximum Gasteiger partial charge on any atom is 0.321 e. The quantitative estimate of drug-likeness (QED) is 0.471. The Hall–Kier alpha value is -0.910. The van der Waals surface area contributed by atoms with E-state index >= 15 is 0 Å². The molecule has 0 unspecified atom stereocenters. The molecule has 0 aromatic heterocycles. The first-order chi connectivity index (χ1) is 3.71. The highest BCUT2D eigenvalue weighted by Gasteiger charge is 2.51. The summed E-state index contributed by atoms with van der Waals surface area (Å²) in [5.41, 5.74) is -1.21. The number of carbonyl (C=O) groups is 1. The van der Waals surface area contributed by atoms with Gasteiger partial charge in [-0.15, -0.1) is 0 Å². The van der Waals surface area contributed by atoms with Crippen LogP contribution in [0.1, 0.15) is 12.8 Å². The first-order valence-electron chi connectivity index (χ1n) is 2.32. The van der Waals surface area contributed by atoms with Gasteiger partial charge in [-0.05, 0) is 12.8 Å². The van der Waals surface area contributed by atoms with E-state index in [2.05, 4.69) is 0 Å². The van der Waals surface area contributed by atoms with Crippen molar-refractivity contribution in [3.05, 3.63) is 0 Å². The normalized spacial score (nSPS) is 21.5. The van der Waals surface area contributed by atoms with E-state index < -0.39 is 11.5 Å². The highest BCUT2D eigenvalue weighted by Crippen LogP contribution is 2.45. The Kier molecular flexibility index (Phi) is 0.839. The molecule has 1 aliphatic carbocycles. The predicted molar refractivity (Wildman–Crippen MR) is 23.4 cm³/mol. The molecule has 0 amide bonds. The summed E-state index contributed by atoms with van der Waals surface area (Å²) in [5, 5.41) is 8.12. The van der Waals surface area contributed by atoms with Crippen LogP contribution in [0.15, 0.2) is 0 Å². The number of carbonyl (C=O) groups excluding carboxylic acids is 1. The van der Waals surface area contributed by atoms with Gasteiger partial charge in [0.1, 0.15) is 5.41 Å². The minimum atomic E-state index is -1.47. The summed E-state index contributed by atoms with van der Waals surface area (Å²) in [6.45, 7) is 0. The van der Waals surface area contributed by atoms with Crippen LogP contribution in [0.5, 0.6) is 0 Å². The summed E-state index contributed by atoms with van der Waals surface area (Å²) in [6, 6.07) is 0.155. The van der Waals surface area contributed by atoms with Crippen molar-refractivity contribution < 1.29 is 9.18 Å². The molecule has 8 heavy (non-hydrogen) atoms. The highest BCUT2D eigenvalue weighted by molar-refractivity contribution is 5.81. The lowest BCUT2D eigenvalue weighted by Gasteiger charge is -1.88. The van der Waals surface area contributed by atoms with Crippen LogP contribution < -0.4 is 0 Å². The van der Waals surface area contributed by atoms with Crippen LogP contribution in [0.25, 0.3) is 0 Å². The molecule has 0 aromatic rings. The molecule has 0 spiro atoms. The van der Waals surface area contributed by atoms with Crippen molar-refractivity contribution in [2.45, 2.75) is 12.8 Å². The van der Waals surface area contributed by atoms with E-state index in [4.69, 9.17) is 5.26 Å². The van der Waals surface area contributed by atoms with E-state index in [1.807, 2.05) is 0 Å². The molecule has 1 saturated carbocycles. The molecule has 1 fully saturated rings. The van der Waals surface area contributed by atoms with Crippen molar-refractivity contribution in [1.82, 2.24) is 0 Å². The first-order valence-corrected chi connectivity index (χ1v) is 2.32. The lowest BCUT2D eigenvalue weighted by molar-refractivity contribution is -0.132. The van der Waals surface area contributed by atoms with Gasteiger partial charge in [-0.2, -0.15) is 9.65 Å². The molecule has 0 radical (unpaired) electrons. The van der Waals surface area contributed by atoms with E-state index in [1.54, 1.807) is 6.07 Å². The van der Waals surface area contributed by atoms with Gasteiger partial charge < -0.3 is 0 Å². The molecular formula is C5H4FNO. The fraction of sp³-hybridized carbons (Fsp3) is 0.600. The van der Waals surface area contributed by atoms with E-state index in [0.717, 1.165) is 0 Å². The standard InChI is InChI=1S/C5H4FNO/c6-4(8)5(3-7)1-2-5/h1-2H2. The Labute approximate surface area is 45.9 Å². The highest BCUT2D eigenvalue weighted by atomic mass is 19.1. The molecule has 0 aromatic carbocycles. The van der Waals surface area contributed by atoms with Crippen LogP contribution >= 0.6 is 0 Å². The van der Waals surface area contributed by atoms with Gasteiger partial charge in [-0.1, -0.05) is 0 Å². The third-order valence-electron chi connectivity index (χ3n) is 1.34. The first kappa shape index (κ1) is 5.23. The smallest absolute Gasteiger partial charge is 0.259 e. The molecule has 0 saturated heterocycles. The topological polar surface area (TPSA) is 40.9 Å². The summed E-state index contributed by atoms with van der Waals surface area (Å²) in [5.74, 6) is 0. The summed E-state index contributed by atoms with van der Waals surface area (Å²) >= 11 is 0. The zero-order valence-electron chi connectivity index (χ0n) is 4.15. The number of nitrogens with zero attached hydrogens (tertiary/aromatic N) is 1. The van der Waals surface area contributed by atoms with E-state index in [0.29, 0.717) is 12.8 Å². The average molecular weight is 113 g/mol. The number of hydrogen-bond acceptors (Lipinski definition) is 2. The monoisotopic (exact) mass is 113 g/mol. The van der Waals surface area contributed by atoms with Gasteiger partial charge in [0.15, 0.2) is 0 Å². The van der Waals surface area contributed by atoms with Gasteiger partial charge in [0, 0.05) is 0 Å². The third kappa shape index (κ3) is 0.497. The van der Waals surface area contributed by atoms with E-state index in [1.165, 1.54) is 0 Å². The van der Waals surface area contributed by atoms with Crippen molar-refractivity contribution in [2.24, 2.45) is 5.41 Å². The Morgan fingerprint density at radius 2 is 2.25 bits per heavy atom. The lowest BCUT2D eigenvalue weighted by Crippen LogP contribution is -2.05. The van der Waals surface area contributed by atoms with Crippen LogP contribution in [0.4, 0.5) is 4.39 Å². The number of nitriles is 1. The summed E-state index contributed by atoms with van der Waals surface area (Å²) in [7, 11) is 0. The van der Waals surface area contributed by atoms with Crippen LogP contribution in [0.2, 0.25) is 0 Å². The van der Waals surface area contributed by atoms with Crippen LogP contribution in [0, 0.1) is 16.7 Å². The minimum absolute atomic E-state index is 0.402. The molecule has 3 heteroatoms. The lowest BCUT2D eigenvalue weighted by atomic mass is 10.1. The van der Waals surface area contributed by atoms with Crippen LogP contribution in [-0.2, 0) is 4.79 Å². The minimum Gasteiger partial charge on any atom is -0.259 e. The zero-order valence-corrected chi connectivity index (χ0v) is 4.15. The second kappa shape index (κ2) is 1.28. The molecule has 0 aliphatic heterocycles. The molecule has 0 heterocycles. The maximum absolute atomic E-state index is 11.7. The molecule has 2 nitrogen and oxygen atoms in total. The Morgan fingerprint density at radius 1 is 1.75 bits per heavy atom. The van der Waals surface area contributed by atoms with Gasteiger partial charge in [0.05, 0.1) is 6.07 Å². The zero-order chi connectivity index (χ0) is 6.20. The van der Waals surface area contributed by atoms with Gasteiger partial charge in [-0.25, -0.2) is 0 Å².